The molecule has 0 atom stereocenters. The predicted octanol–water partition coefficient (Wildman–Crippen LogP) is 2.14. The fourth-order valence-corrected chi connectivity index (χ4v) is 3.17. The number of aryl methyl sites for hydroxylation is 2. The molecule has 116 valence electrons. The summed E-state index contributed by atoms with van der Waals surface area (Å²) in [5.74, 6) is -0.370. The molecule has 1 aromatic carbocycles. The molecule has 0 unspecified atom stereocenters. The molecule has 0 saturated heterocycles. The number of nitrogens with zero attached hydrogens (tertiary/aromatic N) is 2. The lowest BCUT2D eigenvalue weighted by Gasteiger charge is -2.16. The summed E-state index contributed by atoms with van der Waals surface area (Å²) in [5, 5.41) is 1.07. The third kappa shape index (κ3) is 2.26. The highest BCUT2D eigenvalue weighted by Crippen LogP contribution is 2.31. The number of hydrogen-bond acceptors (Lipinski definition) is 3. The second kappa shape index (κ2) is 5.48. The van der Waals surface area contributed by atoms with Crippen molar-refractivity contribution in [2.75, 3.05) is 20.7 Å². The average molecular weight is 300 g/mol. The Morgan fingerprint density at radius 2 is 2.14 bits per heavy atom. The fourth-order valence-electron chi connectivity index (χ4n) is 3.17. The molecule has 0 bridgehead atoms. The molecular formula is C17H20N2O3. The van der Waals surface area contributed by atoms with Gasteiger partial charge >= 0.3 is 5.97 Å². The minimum atomic E-state index is -0.347. The number of esters is 1. The predicted molar refractivity (Wildman–Crippen MR) is 84.0 cm³/mol. The summed E-state index contributed by atoms with van der Waals surface area (Å²) in [7, 11) is 3.17. The maximum Gasteiger partial charge on any atom is 0.325 e. The topological polar surface area (TPSA) is 51.5 Å². The summed E-state index contributed by atoms with van der Waals surface area (Å²) in [6.07, 6.45) is 1.78. The van der Waals surface area contributed by atoms with E-state index in [1.165, 1.54) is 7.11 Å². The monoisotopic (exact) mass is 300 g/mol. The zero-order valence-corrected chi connectivity index (χ0v) is 13.2. The van der Waals surface area contributed by atoms with Gasteiger partial charge in [0, 0.05) is 24.5 Å². The Hall–Kier alpha value is -2.30. The molecule has 22 heavy (non-hydrogen) atoms. The first-order valence-electron chi connectivity index (χ1n) is 7.47. The van der Waals surface area contributed by atoms with Crippen molar-refractivity contribution >= 4 is 22.8 Å². The summed E-state index contributed by atoms with van der Waals surface area (Å²) < 4.78 is 6.60. The van der Waals surface area contributed by atoms with Crippen LogP contribution in [0.15, 0.2) is 18.2 Å². The van der Waals surface area contributed by atoms with E-state index >= 15 is 0 Å². The van der Waals surface area contributed by atoms with E-state index in [2.05, 4.69) is 6.07 Å². The van der Waals surface area contributed by atoms with E-state index < -0.39 is 0 Å². The molecule has 5 heteroatoms. The maximum absolute atomic E-state index is 12.7. The summed E-state index contributed by atoms with van der Waals surface area (Å²) in [6, 6.07) is 6.08. The molecule has 1 amide bonds. The Labute approximate surface area is 129 Å². The Kier molecular flexibility index (Phi) is 3.64. The normalized spacial score (nSPS) is 14.9. The highest BCUT2D eigenvalue weighted by molar-refractivity contribution is 6.02. The minimum absolute atomic E-state index is 0.0229. The number of fused-ring (bicyclic) bond motifs is 3. The number of hydrogen-bond donors (Lipinski definition) is 0. The molecule has 3 rings (SSSR count). The number of ether oxygens (including phenoxy) is 1. The van der Waals surface area contributed by atoms with E-state index in [4.69, 9.17) is 4.74 Å². The zero-order valence-electron chi connectivity index (χ0n) is 13.2. The second-order valence-electron chi connectivity index (χ2n) is 5.84. The van der Waals surface area contributed by atoms with Crippen LogP contribution in [-0.2, 0) is 22.5 Å². The molecule has 5 nitrogen and oxygen atoms in total. The van der Waals surface area contributed by atoms with Gasteiger partial charge in [0.25, 0.3) is 5.91 Å². The smallest absolute Gasteiger partial charge is 0.325 e. The maximum atomic E-state index is 12.7. The summed E-state index contributed by atoms with van der Waals surface area (Å²) in [5.41, 5.74) is 3.75. The van der Waals surface area contributed by atoms with Gasteiger partial charge in [0.05, 0.1) is 7.11 Å². The van der Waals surface area contributed by atoms with Crippen molar-refractivity contribution in [2.24, 2.45) is 0 Å². The SMILES string of the molecule is COC(=O)Cn1c2c(c3cc(C)ccc31)CCCN(C)C2=O. The molecule has 0 fully saturated rings. The van der Waals surface area contributed by atoms with E-state index in [0.29, 0.717) is 5.69 Å². The number of methoxy groups -OCH3 is 1. The quantitative estimate of drug-likeness (QED) is 0.799. The van der Waals surface area contributed by atoms with Gasteiger partial charge in [-0.15, -0.1) is 0 Å². The van der Waals surface area contributed by atoms with E-state index in [0.717, 1.165) is 41.4 Å². The molecule has 2 heterocycles. The summed E-state index contributed by atoms with van der Waals surface area (Å²) in [4.78, 5) is 26.2. The van der Waals surface area contributed by atoms with Gasteiger partial charge in [-0.25, -0.2) is 0 Å². The van der Waals surface area contributed by atoms with Gasteiger partial charge in [0.2, 0.25) is 0 Å². The highest BCUT2D eigenvalue weighted by Gasteiger charge is 2.28. The van der Waals surface area contributed by atoms with Crippen LogP contribution in [0.5, 0.6) is 0 Å². The molecule has 0 N–H and O–H groups in total. The van der Waals surface area contributed by atoms with Gasteiger partial charge in [0.1, 0.15) is 12.2 Å². The van der Waals surface area contributed by atoms with E-state index in [9.17, 15) is 9.59 Å². The number of amides is 1. The van der Waals surface area contributed by atoms with Crippen molar-refractivity contribution in [3.63, 3.8) is 0 Å². The first kappa shape index (κ1) is 14.6. The molecule has 1 aliphatic heterocycles. The Bertz CT molecular complexity index is 761. The van der Waals surface area contributed by atoms with Gasteiger partial charge in [-0.1, -0.05) is 11.6 Å². The lowest BCUT2D eigenvalue weighted by atomic mass is 10.0. The second-order valence-corrected chi connectivity index (χ2v) is 5.84. The first-order chi connectivity index (χ1) is 10.5. The van der Waals surface area contributed by atoms with Gasteiger partial charge in [-0.3, -0.25) is 9.59 Å². The molecule has 1 aromatic heterocycles. The van der Waals surface area contributed by atoms with Crippen LogP contribution in [0.3, 0.4) is 0 Å². The third-order valence-electron chi connectivity index (χ3n) is 4.31. The van der Waals surface area contributed by atoms with Crippen molar-refractivity contribution in [3.05, 3.63) is 35.0 Å². The standard InChI is InChI=1S/C17H20N2O3/c1-11-6-7-14-13(9-11)12-5-4-8-18(2)17(21)16(12)19(14)10-15(20)22-3/h6-7,9H,4-5,8,10H2,1-3H3. The van der Waals surface area contributed by atoms with Crippen molar-refractivity contribution in [2.45, 2.75) is 26.3 Å². The van der Waals surface area contributed by atoms with Crippen molar-refractivity contribution in [3.8, 4) is 0 Å². The minimum Gasteiger partial charge on any atom is -0.468 e. The van der Waals surface area contributed by atoms with Gasteiger partial charge in [-0.05, 0) is 37.5 Å². The molecular weight excluding hydrogens is 280 g/mol. The Morgan fingerprint density at radius 3 is 2.86 bits per heavy atom. The van der Waals surface area contributed by atoms with E-state index in [1.807, 2.05) is 26.1 Å². The number of carbonyl (C=O) groups is 2. The number of benzene rings is 1. The van der Waals surface area contributed by atoms with Crippen LogP contribution < -0.4 is 0 Å². The average Bonchev–Trinajstić information content (AvgIpc) is 2.70. The molecule has 0 saturated carbocycles. The summed E-state index contributed by atoms with van der Waals surface area (Å²) in [6.45, 7) is 2.83. The van der Waals surface area contributed by atoms with Crippen LogP contribution in [0.1, 0.15) is 28.0 Å². The molecule has 1 aliphatic rings. The summed E-state index contributed by atoms with van der Waals surface area (Å²) >= 11 is 0. The Morgan fingerprint density at radius 1 is 1.36 bits per heavy atom. The largest absolute Gasteiger partial charge is 0.468 e. The first-order valence-corrected chi connectivity index (χ1v) is 7.47. The van der Waals surface area contributed by atoms with Gasteiger partial charge in [0.15, 0.2) is 0 Å². The van der Waals surface area contributed by atoms with Crippen molar-refractivity contribution in [1.29, 1.82) is 0 Å². The zero-order chi connectivity index (χ0) is 15.9. The van der Waals surface area contributed by atoms with Gasteiger partial charge < -0.3 is 14.2 Å². The van der Waals surface area contributed by atoms with Crippen LogP contribution >= 0.6 is 0 Å². The third-order valence-corrected chi connectivity index (χ3v) is 4.31. The molecule has 0 aliphatic carbocycles. The van der Waals surface area contributed by atoms with Crippen LogP contribution in [0.2, 0.25) is 0 Å². The van der Waals surface area contributed by atoms with E-state index in [-0.39, 0.29) is 18.4 Å². The van der Waals surface area contributed by atoms with Crippen molar-refractivity contribution in [1.82, 2.24) is 9.47 Å². The number of carbonyl (C=O) groups excluding carboxylic acids is 2. The van der Waals surface area contributed by atoms with Crippen molar-refractivity contribution < 1.29 is 14.3 Å². The van der Waals surface area contributed by atoms with Crippen LogP contribution in [0.4, 0.5) is 0 Å². The molecule has 2 aromatic rings. The number of aromatic nitrogens is 1. The fraction of sp³-hybridized carbons (Fsp3) is 0.412. The van der Waals surface area contributed by atoms with Gasteiger partial charge in [-0.2, -0.15) is 0 Å². The Balaban J connectivity index is 2.29. The lowest BCUT2D eigenvalue weighted by molar-refractivity contribution is -0.141. The van der Waals surface area contributed by atoms with Crippen LogP contribution in [0.25, 0.3) is 10.9 Å². The van der Waals surface area contributed by atoms with Crippen LogP contribution in [0, 0.1) is 6.92 Å². The molecule has 0 radical (unpaired) electrons. The molecule has 0 spiro atoms. The number of rotatable bonds is 2. The van der Waals surface area contributed by atoms with Crippen LogP contribution in [-0.4, -0.2) is 42.0 Å². The highest BCUT2D eigenvalue weighted by atomic mass is 16.5. The van der Waals surface area contributed by atoms with E-state index in [1.54, 1.807) is 9.47 Å². The lowest BCUT2D eigenvalue weighted by Crippen LogP contribution is -2.29.